The number of fused-ring (bicyclic) bond motifs is 1. The number of aromatic nitrogens is 2. The van der Waals surface area contributed by atoms with Crippen LogP contribution < -0.4 is 10.6 Å². The van der Waals surface area contributed by atoms with Crippen LogP contribution in [-0.2, 0) is 4.74 Å². The Kier molecular flexibility index (Phi) is 3.61. The van der Waals surface area contributed by atoms with E-state index in [2.05, 4.69) is 25.3 Å². The highest BCUT2D eigenvalue weighted by Gasteiger charge is 2.18. The van der Waals surface area contributed by atoms with E-state index in [-0.39, 0.29) is 5.91 Å². The maximum atomic E-state index is 12.1. The van der Waals surface area contributed by atoms with Crippen LogP contribution in [0.2, 0.25) is 0 Å². The lowest BCUT2D eigenvalue weighted by Crippen LogP contribution is -2.28. The average molecular weight is 298 g/mol. The molecule has 0 spiro atoms. The molecule has 2 aromatic heterocycles. The van der Waals surface area contributed by atoms with Crippen LogP contribution in [0.25, 0.3) is 6.08 Å². The van der Waals surface area contributed by atoms with Crippen LogP contribution in [0.4, 0.5) is 5.82 Å². The van der Waals surface area contributed by atoms with E-state index >= 15 is 0 Å². The first-order valence-corrected chi connectivity index (χ1v) is 6.64. The van der Waals surface area contributed by atoms with Crippen molar-refractivity contribution in [2.45, 2.75) is 0 Å². The molecule has 1 aliphatic rings. The number of aromatic amines is 1. The van der Waals surface area contributed by atoms with Gasteiger partial charge in [0, 0.05) is 23.7 Å². The topological polar surface area (TPSA) is 96.1 Å². The smallest absolute Gasteiger partial charge is 0.354 e. The number of hydrogen-bond acceptors (Lipinski definition) is 5. The summed E-state index contributed by atoms with van der Waals surface area (Å²) in [6.07, 6.45) is 4.92. The number of H-pyrrole nitrogens is 1. The van der Waals surface area contributed by atoms with Gasteiger partial charge in [-0.2, -0.15) is 0 Å². The predicted octanol–water partition coefficient (Wildman–Crippen LogP) is 1.39. The highest BCUT2D eigenvalue weighted by atomic mass is 16.5. The lowest BCUT2D eigenvalue weighted by atomic mass is 10.1. The second-order valence-electron chi connectivity index (χ2n) is 4.72. The van der Waals surface area contributed by atoms with E-state index < -0.39 is 5.97 Å². The van der Waals surface area contributed by atoms with Crippen molar-refractivity contribution < 1.29 is 14.3 Å². The van der Waals surface area contributed by atoms with Gasteiger partial charge in [0.15, 0.2) is 0 Å². The van der Waals surface area contributed by atoms with E-state index in [1.54, 1.807) is 24.4 Å². The molecule has 3 heterocycles. The van der Waals surface area contributed by atoms with Gasteiger partial charge in [-0.15, -0.1) is 0 Å². The first-order valence-electron chi connectivity index (χ1n) is 6.64. The van der Waals surface area contributed by atoms with E-state index in [1.165, 1.54) is 13.3 Å². The molecular weight excluding hydrogens is 284 g/mol. The minimum atomic E-state index is -0.439. The minimum absolute atomic E-state index is 0.228. The highest BCUT2D eigenvalue weighted by Crippen LogP contribution is 2.23. The van der Waals surface area contributed by atoms with Crippen LogP contribution in [0.1, 0.15) is 26.4 Å². The van der Waals surface area contributed by atoms with Gasteiger partial charge in [-0.25, -0.2) is 4.79 Å². The number of nitrogens with zero attached hydrogens (tertiary/aromatic N) is 1. The fourth-order valence-corrected chi connectivity index (χ4v) is 2.17. The Morgan fingerprint density at radius 1 is 1.41 bits per heavy atom. The fraction of sp³-hybridized carbons (Fsp3) is 0.133. The van der Waals surface area contributed by atoms with Crippen molar-refractivity contribution in [1.82, 2.24) is 15.3 Å². The normalized spacial score (nSPS) is 12.7. The summed E-state index contributed by atoms with van der Waals surface area (Å²) in [7, 11) is 1.32. The second-order valence-corrected chi connectivity index (χ2v) is 4.72. The average Bonchev–Trinajstić information content (AvgIpc) is 2.98. The van der Waals surface area contributed by atoms with Crippen LogP contribution in [0.15, 0.2) is 36.3 Å². The Hall–Kier alpha value is -3.09. The summed E-state index contributed by atoms with van der Waals surface area (Å²) in [6.45, 7) is 0.445. The van der Waals surface area contributed by atoms with Crippen LogP contribution in [0.5, 0.6) is 0 Å². The number of methoxy groups -OCH3 is 1. The number of carbonyl (C=O) groups is 2. The lowest BCUT2D eigenvalue weighted by Gasteiger charge is -2.16. The largest absolute Gasteiger partial charge is 0.464 e. The zero-order chi connectivity index (χ0) is 15.5. The number of rotatable bonds is 3. The van der Waals surface area contributed by atoms with Gasteiger partial charge >= 0.3 is 5.97 Å². The molecule has 1 aliphatic heterocycles. The highest BCUT2D eigenvalue weighted by molar-refractivity contribution is 5.96. The van der Waals surface area contributed by atoms with E-state index in [0.29, 0.717) is 23.5 Å². The first-order chi connectivity index (χ1) is 10.7. The maximum Gasteiger partial charge on any atom is 0.354 e. The fourth-order valence-electron chi connectivity index (χ4n) is 2.17. The van der Waals surface area contributed by atoms with E-state index in [1.807, 2.05) is 6.08 Å². The Bertz CT molecular complexity index is 749. The molecule has 0 radical (unpaired) electrons. The molecule has 0 saturated heterocycles. The first kappa shape index (κ1) is 13.9. The maximum absolute atomic E-state index is 12.1. The molecule has 3 N–H and O–H groups in total. The number of carbonyl (C=O) groups excluding carboxylic acids is 2. The standard InChI is InChI=1S/C15H14N4O3/c1-22-15(21)12-6-10-5-11(8-17-13(10)19-12)18-14(20)9-3-2-4-16-7-9/h2-7,17,19H,8H2,1H3,(H,18,20). The summed E-state index contributed by atoms with van der Waals surface area (Å²) in [5, 5.41) is 5.93. The number of nitrogens with one attached hydrogen (secondary N) is 3. The van der Waals surface area contributed by atoms with Crippen molar-refractivity contribution in [3.8, 4) is 0 Å². The summed E-state index contributed by atoms with van der Waals surface area (Å²) >= 11 is 0. The minimum Gasteiger partial charge on any atom is -0.464 e. The third kappa shape index (κ3) is 2.69. The van der Waals surface area contributed by atoms with Gasteiger partial charge in [-0.05, 0) is 24.3 Å². The molecule has 22 heavy (non-hydrogen) atoms. The molecule has 0 bridgehead atoms. The number of amides is 1. The van der Waals surface area contributed by atoms with Crippen molar-refractivity contribution >= 4 is 23.8 Å². The molecule has 3 rings (SSSR count). The quantitative estimate of drug-likeness (QED) is 0.744. The molecule has 0 atom stereocenters. The molecule has 0 unspecified atom stereocenters. The van der Waals surface area contributed by atoms with Gasteiger partial charge in [-0.1, -0.05) is 0 Å². The van der Waals surface area contributed by atoms with Gasteiger partial charge in [0.2, 0.25) is 0 Å². The lowest BCUT2D eigenvalue weighted by molar-refractivity contribution is 0.0594. The van der Waals surface area contributed by atoms with E-state index in [9.17, 15) is 9.59 Å². The Labute approximate surface area is 126 Å². The number of pyridine rings is 1. The van der Waals surface area contributed by atoms with Gasteiger partial charge in [-0.3, -0.25) is 9.78 Å². The Balaban J connectivity index is 1.78. The molecule has 0 fully saturated rings. The van der Waals surface area contributed by atoms with Crippen molar-refractivity contribution in [2.75, 3.05) is 19.0 Å². The second kappa shape index (κ2) is 5.72. The third-order valence-corrected chi connectivity index (χ3v) is 3.24. The predicted molar refractivity (Wildman–Crippen MR) is 80.3 cm³/mol. The molecule has 0 aliphatic carbocycles. The molecule has 0 saturated carbocycles. The number of ether oxygens (including phenoxy) is 1. The zero-order valence-corrected chi connectivity index (χ0v) is 11.8. The van der Waals surface area contributed by atoms with Crippen LogP contribution in [0, 0.1) is 0 Å². The number of hydrogen-bond donors (Lipinski definition) is 3. The van der Waals surface area contributed by atoms with Crippen molar-refractivity contribution in [3.63, 3.8) is 0 Å². The Morgan fingerprint density at radius 3 is 3.00 bits per heavy atom. The summed E-state index contributed by atoms with van der Waals surface area (Å²) in [5.41, 5.74) is 2.33. The van der Waals surface area contributed by atoms with Crippen LogP contribution in [-0.4, -0.2) is 35.5 Å². The Morgan fingerprint density at radius 2 is 2.27 bits per heavy atom. The van der Waals surface area contributed by atoms with Gasteiger partial charge in [0.25, 0.3) is 5.91 Å². The van der Waals surface area contributed by atoms with Crippen molar-refractivity contribution in [3.05, 3.63) is 53.1 Å². The summed E-state index contributed by atoms with van der Waals surface area (Å²) in [6, 6.07) is 5.06. The van der Waals surface area contributed by atoms with E-state index in [0.717, 1.165) is 11.4 Å². The summed E-state index contributed by atoms with van der Waals surface area (Å²) < 4.78 is 4.67. The van der Waals surface area contributed by atoms with Crippen LogP contribution >= 0.6 is 0 Å². The molecule has 2 aromatic rings. The number of esters is 1. The van der Waals surface area contributed by atoms with Gasteiger partial charge in [0.05, 0.1) is 19.2 Å². The molecular formula is C15H14N4O3. The molecule has 0 aromatic carbocycles. The third-order valence-electron chi connectivity index (χ3n) is 3.24. The SMILES string of the molecule is COC(=O)c1cc2c([nH]1)NCC(NC(=O)c1cccnc1)=C2. The zero-order valence-electron chi connectivity index (χ0n) is 11.8. The molecule has 7 heteroatoms. The van der Waals surface area contributed by atoms with Gasteiger partial charge < -0.3 is 20.4 Å². The summed E-state index contributed by atoms with van der Waals surface area (Å²) in [4.78, 5) is 30.4. The summed E-state index contributed by atoms with van der Waals surface area (Å²) in [5.74, 6) is 0.0543. The molecule has 1 amide bonds. The van der Waals surface area contributed by atoms with Crippen molar-refractivity contribution in [2.24, 2.45) is 0 Å². The van der Waals surface area contributed by atoms with Crippen molar-refractivity contribution in [1.29, 1.82) is 0 Å². The van der Waals surface area contributed by atoms with E-state index in [4.69, 9.17) is 0 Å². The van der Waals surface area contributed by atoms with Crippen LogP contribution in [0.3, 0.4) is 0 Å². The molecule has 7 nitrogen and oxygen atoms in total. The number of anilines is 1. The molecule has 112 valence electrons. The monoisotopic (exact) mass is 298 g/mol. The van der Waals surface area contributed by atoms with Gasteiger partial charge in [0.1, 0.15) is 11.5 Å².